The summed E-state index contributed by atoms with van der Waals surface area (Å²) in [6.45, 7) is 5.90. The Labute approximate surface area is 268 Å². The molecule has 0 fully saturated rings. The summed E-state index contributed by atoms with van der Waals surface area (Å²) in [5.41, 5.74) is 8.12. The highest BCUT2D eigenvalue weighted by Crippen LogP contribution is 2.44. The maximum absolute atomic E-state index is 10.2. The standard InChI is InChI=1S/C18H16N2O4.C17H14N2O4/c1-9-5-12(14(22)7-13(9)21)18-17(10(2)19-20-18)11-3-4-15-16(6-11)24-8-23-15;1-9-4-11(14(21)6-13(9)20)17-12(7-18-19-17)10-2-3-15-16(5-10)23-8-22-15/h3-7,21-22H,8H2,1-2H3,(H,19,20);2-7,20-21H,8H2,1H3,(H,18,19). The summed E-state index contributed by atoms with van der Waals surface area (Å²) >= 11 is 0. The average molecular weight is 635 g/mol. The smallest absolute Gasteiger partial charge is 0.231 e. The number of benzene rings is 4. The van der Waals surface area contributed by atoms with E-state index < -0.39 is 0 Å². The Morgan fingerprint density at radius 3 is 1.79 bits per heavy atom. The largest absolute Gasteiger partial charge is 0.508 e. The van der Waals surface area contributed by atoms with Gasteiger partial charge in [0.1, 0.15) is 28.7 Å². The van der Waals surface area contributed by atoms with Crippen LogP contribution in [-0.4, -0.2) is 54.4 Å². The van der Waals surface area contributed by atoms with Crippen LogP contribution in [0.5, 0.6) is 46.0 Å². The quantitative estimate of drug-likeness (QED) is 0.122. The lowest BCUT2D eigenvalue weighted by molar-refractivity contribution is 0.173. The molecule has 2 aliphatic rings. The van der Waals surface area contributed by atoms with Gasteiger partial charge in [0.05, 0.1) is 11.9 Å². The van der Waals surface area contributed by atoms with Crippen molar-refractivity contribution in [2.24, 2.45) is 0 Å². The van der Waals surface area contributed by atoms with Crippen LogP contribution >= 0.6 is 0 Å². The molecule has 0 bridgehead atoms. The zero-order valence-electron chi connectivity index (χ0n) is 25.6. The molecule has 8 rings (SSSR count). The molecule has 4 heterocycles. The summed E-state index contributed by atoms with van der Waals surface area (Å²) in [7, 11) is 0. The monoisotopic (exact) mass is 634 g/mol. The third-order valence-corrected chi connectivity index (χ3v) is 8.08. The first-order valence-electron chi connectivity index (χ1n) is 14.6. The van der Waals surface area contributed by atoms with Crippen molar-refractivity contribution in [3.63, 3.8) is 0 Å². The van der Waals surface area contributed by atoms with Crippen molar-refractivity contribution in [3.8, 4) is 90.8 Å². The van der Waals surface area contributed by atoms with E-state index >= 15 is 0 Å². The molecule has 6 N–H and O–H groups in total. The predicted molar refractivity (Wildman–Crippen MR) is 172 cm³/mol. The minimum absolute atomic E-state index is 0.0145. The molecule has 0 saturated carbocycles. The van der Waals surface area contributed by atoms with Crippen LogP contribution in [0.4, 0.5) is 0 Å². The van der Waals surface area contributed by atoms with E-state index in [2.05, 4.69) is 20.4 Å². The van der Waals surface area contributed by atoms with Crippen molar-refractivity contribution < 1.29 is 39.4 Å². The van der Waals surface area contributed by atoms with Gasteiger partial charge in [0.2, 0.25) is 13.6 Å². The van der Waals surface area contributed by atoms with Crippen LogP contribution in [-0.2, 0) is 0 Å². The van der Waals surface area contributed by atoms with Crippen molar-refractivity contribution in [1.82, 2.24) is 20.4 Å². The van der Waals surface area contributed by atoms with E-state index in [0.29, 0.717) is 56.6 Å². The van der Waals surface area contributed by atoms with Gasteiger partial charge >= 0.3 is 0 Å². The van der Waals surface area contributed by atoms with E-state index in [-0.39, 0.29) is 36.6 Å². The molecule has 238 valence electrons. The van der Waals surface area contributed by atoms with Crippen LogP contribution in [0.15, 0.2) is 66.9 Å². The van der Waals surface area contributed by atoms with Crippen LogP contribution in [0.3, 0.4) is 0 Å². The zero-order chi connectivity index (χ0) is 32.8. The lowest BCUT2D eigenvalue weighted by Crippen LogP contribution is -1.92. The van der Waals surface area contributed by atoms with E-state index in [9.17, 15) is 20.4 Å². The molecule has 0 unspecified atom stereocenters. The summed E-state index contributed by atoms with van der Waals surface area (Å²) < 4.78 is 21.5. The molecule has 12 heteroatoms. The molecule has 0 spiro atoms. The Bertz CT molecular complexity index is 2150. The van der Waals surface area contributed by atoms with Gasteiger partial charge in [-0.15, -0.1) is 0 Å². The molecule has 0 radical (unpaired) electrons. The normalized spacial score (nSPS) is 12.6. The number of nitrogens with one attached hydrogen (secondary N) is 2. The van der Waals surface area contributed by atoms with E-state index in [1.54, 1.807) is 32.2 Å². The van der Waals surface area contributed by atoms with Gasteiger partial charge in [0.25, 0.3) is 0 Å². The van der Waals surface area contributed by atoms with Gasteiger partial charge in [0.15, 0.2) is 23.0 Å². The Hall–Kier alpha value is -6.30. The second kappa shape index (κ2) is 11.6. The van der Waals surface area contributed by atoms with Gasteiger partial charge in [-0.3, -0.25) is 10.2 Å². The number of hydrogen-bond acceptors (Lipinski definition) is 10. The first-order chi connectivity index (χ1) is 22.7. The van der Waals surface area contributed by atoms with Crippen molar-refractivity contribution >= 4 is 0 Å². The van der Waals surface area contributed by atoms with Gasteiger partial charge in [-0.1, -0.05) is 12.1 Å². The third-order valence-electron chi connectivity index (χ3n) is 8.08. The fourth-order valence-electron chi connectivity index (χ4n) is 5.56. The lowest BCUT2D eigenvalue weighted by Gasteiger charge is -2.09. The molecule has 2 aliphatic heterocycles. The number of aromatic amines is 2. The van der Waals surface area contributed by atoms with Crippen LogP contribution in [0.2, 0.25) is 0 Å². The van der Waals surface area contributed by atoms with Crippen molar-refractivity contribution in [1.29, 1.82) is 0 Å². The molecular weight excluding hydrogens is 604 g/mol. The molecule has 0 atom stereocenters. The van der Waals surface area contributed by atoms with Gasteiger partial charge in [-0.2, -0.15) is 10.2 Å². The Morgan fingerprint density at radius 2 is 1.13 bits per heavy atom. The van der Waals surface area contributed by atoms with Crippen molar-refractivity contribution in [2.75, 3.05) is 13.6 Å². The minimum atomic E-state index is -0.0217. The topological polar surface area (TPSA) is 175 Å². The number of aryl methyl sites for hydroxylation is 3. The number of hydrogen-bond donors (Lipinski definition) is 6. The number of aromatic nitrogens is 4. The Kier molecular flexibility index (Phi) is 7.24. The van der Waals surface area contributed by atoms with E-state index in [1.165, 1.54) is 12.1 Å². The van der Waals surface area contributed by atoms with Crippen molar-refractivity contribution in [2.45, 2.75) is 20.8 Å². The number of rotatable bonds is 4. The molecule has 0 aliphatic carbocycles. The number of fused-ring (bicyclic) bond motifs is 2. The summed E-state index contributed by atoms with van der Waals surface area (Å²) in [4.78, 5) is 0. The van der Waals surface area contributed by atoms with Crippen LogP contribution in [0.25, 0.3) is 44.8 Å². The minimum Gasteiger partial charge on any atom is -0.508 e. The van der Waals surface area contributed by atoms with Gasteiger partial charge in [-0.25, -0.2) is 0 Å². The molecule has 0 amide bonds. The fourth-order valence-corrected chi connectivity index (χ4v) is 5.56. The summed E-state index contributed by atoms with van der Waals surface area (Å²) in [6.07, 6.45) is 1.69. The second-order valence-corrected chi connectivity index (χ2v) is 11.2. The maximum atomic E-state index is 10.2. The molecule has 12 nitrogen and oxygen atoms in total. The number of H-pyrrole nitrogens is 2. The highest BCUT2D eigenvalue weighted by atomic mass is 16.7. The Balaban J connectivity index is 0.000000150. The molecule has 0 saturated heterocycles. The van der Waals surface area contributed by atoms with Crippen LogP contribution in [0.1, 0.15) is 16.8 Å². The molecule has 47 heavy (non-hydrogen) atoms. The number of phenols is 4. The van der Waals surface area contributed by atoms with Crippen molar-refractivity contribution in [3.05, 3.63) is 83.7 Å². The van der Waals surface area contributed by atoms with E-state index in [1.807, 2.05) is 43.3 Å². The van der Waals surface area contributed by atoms with Gasteiger partial charge in [0, 0.05) is 40.1 Å². The lowest BCUT2D eigenvalue weighted by atomic mass is 9.97. The molecular formula is C35H30N4O8. The fraction of sp³-hybridized carbons (Fsp3) is 0.143. The maximum Gasteiger partial charge on any atom is 0.231 e. The van der Waals surface area contributed by atoms with Crippen LogP contribution in [0, 0.1) is 20.8 Å². The molecule has 4 aromatic carbocycles. The third kappa shape index (κ3) is 5.35. The number of nitrogens with zero attached hydrogens (tertiary/aromatic N) is 2. The zero-order valence-corrected chi connectivity index (χ0v) is 25.6. The summed E-state index contributed by atoms with van der Waals surface area (Å²) in [6, 6.07) is 17.4. The average Bonchev–Trinajstić information content (AvgIpc) is 3.87. The van der Waals surface area contributed by atoms with Gasteiger partial charge < -0.3 is 39.4 Å². The number of phenolic OH excluding ortho intramolecular Hbond substituents is 4. The van der Waals surface area contributed by atoms with E-state index in [4.69, 9.17) is 18.9 Å². The van der Waals surface area contributed by atoms with Crippen LogP contribution < -0.4 is 18.9 Å². The molecule has 6 aromatic rings. The van der Waals surface area contributed by atoms with E-state index in [0.717, 1.165) is 27.9 Å². The number of aromatic hydroxyl groups is 4. The SMILES string of the molecule is Cc1cc(-c2[nH]ncc2-c2ccc3c(c2)OCO3)c(O)cc1O.Cc1cc(-c2n[nH]c(C)c2-c2ccc3c(c2)OCO3)c(O)cc1O. The Morgan fingerprint density at radius 1 is 0.574 bits per heavy atom. The highest BCUT2D eigenvalue weighted by Gasteiger charge is 2.22. The summed E-state index contributed by atoms with van der Waals surface area (Å²) in [5.74, 6) is 2.85. The predicted octanol–water partition coefficient (Wildman–Crippen LogP) is 6.69. The first kappa shape index (κ1) is 29.4. The summed E-state index contributed by atoms with van der Waals surface area (Å²) in [5, 5.41) is 54.2. The second-order valence-electron chi connectivity index (χ2n) is 11.2. The molecule has 2 aromatic heterocycles. The number of ether oxygens (including phenoxy) is 4. The van der Waals surface area contributed by atoms with Gasteiger partial charge in [-0.05, 0) is 79.4 Å². The first-order valence-corrected chi connectivity index (χ1v) is 14.6. The highest BCUT2D eigenvalue weighted by molar-refractivity contribution is 5.87.